The number of hydrogen-bond acceptors (Lipinski definition) is 2. The van der Waals surface area contributed by atoms with Crippen LogP contribution in [0.3, 0.4) is 0 Å². The second kappa shape index (κ2) is 6.18. The third-order valence-corrected chi connectivity index (χ3v) is 4.59. The highest BCUT2D eigenvalue weighted by atomic mass is 32.2. The first kappa shape index (κ1) is 13.3. The van der Waals surface area contributed by atoms with Crippen molar-refractivity contribution in [3.05, 3.63) is 53.3 Å². The monoisotopic (exact) mass is 286 g/mol. The number of fused-ring (bicyclic) bond motifs is 1. The Hall–Kier alpha value is -1.68. The molecule has 104 valence electrons. The third kappa shape index (κ3) is 3.25. The summed E-state index contributed by atoms with van der Waals surface area (Å²) in [6, 6.07) is 8.55. The molecular formula is C16H18N2OS. The van der Waals surface area contributed by atoms with Gasteiger partial charge in [0.25, 0.3) is 0 Å². The summed E-state index contributed by atoms with van der Waals surface area (Å²) in [4.78, 5) is 16.0. The Balaban J connectivity index is 1.48. The Morgan fingerprint density at radius 3 is 3.00 bits per heavy atom. The Bertz CT molecular complexity index is 593. The van der Waals surface area contributed by atoms with Crippen molar-refractivity contribution >= 4 is 17.7 Å². The standard InChI is InChI=1S/C16H18N2OS/c19-16(18-10-12-6-7-17-9-12)11-20-15-5-4-13-2-1-3-14(13)8-15/h4-9,17H,1-3,10-11H2,(H,18,19). The molecule has 2 aromatic rings. The number of carbonyl (C=O) groups is 1. The summed E-state index contributed by atoms with van der Waals surface area (Å²) in [7, 11) is 0. The summed E-state index contributed by atoms with van der Waals surface area (Å²) < 4.78 is 0. The number of H-pyrrole nitrogens is 1. The van der Waals surface area contributed by atoms with Crippen molar-refractivity contribution in [1.82, 2.24) is 10.3 Å². The van der Waals surface area contributed by atoms with Gasteiger partial charge in [-0.1, -0.05) is 6.07 Å². The number of benzene rings is 1. The molecule has 4 heteroatoms. The molecule has 1 aromatic carbocycles. The Morgan fingerprint density at radius 2 is 2.15 bits per heavy atom. The van der Waals surface area contributed by atoms with Crippen molar-refractivity contribution in [2.24, 2.45) is 0 Å². The van der Waals surface area contributed by atoms with Crippen molar-refractivity contribution in [2.75, 3.05) is 5.75 Å². The summed E-state index contributed by atoms with van der Waals surface area (Å²) in [6.07, 6.45) is 7.41. The van der Waals surface area contributed by atoms with Crippen molar-refractivity contribution in [3.8, 4) is 0 Å². The van der Waals surface area contributed by atoms with Gasteiger partial charge >= 0.3 is 0 Å². The van der Waals surface area contributed by atoms with E-state index in [0.717, 1.165) is 5.56 Å². The number of aryl methyl sites for hydroxylation is 2. The molecule has 1 aliphatic rings. The first-order valence-electron chi connectivity index (χ1n) is 6.94. The normalized spacial score (nSPS) is 13.2. The highest BCUT2D eigenvalue weighted by molar-refractivity contribution is 8.00. The first-order valence-corrected chi connectivity index (χ1v) is 7.93. The van der Waals surface area contributed by atoms with Gasteiger partial charge in [-0.2, -0.15) is 0 Å². The lowest BCUT2D eigenvalue weighted by atomic mass is 10.1. The van der Waals surface area contributed by atoms with Crippen LogP contribution in [-0.4, -0.2) is 16.6 Å². The highest BCUT2D eigenvalue weighted by Crippen LogP contribution is 2.27. The van der Waals surface area contributed by atoms with Crippen LogP contribution in [0.2, 0.25) is 0 Å². The van der Waals surface area contributed by atoms with Crippen LogP contribution in [-0.2, 0) is 24.2 Å². The Kier molecular flexibility index (Phi) is 4.11. The summed E-state index contributed by atoms with van der Waals surface area (Å²) in [5.74, 6) is 0.556. The zero-order valence-electron chi connectivity index (χ0n) is 11.3. The smallest absolute Gasteiger partial charge is 0.230 e. The van der Waals surface area contributed by atoms with E-state index in [-0.39, 0.29) is 5.91 Å². The Morgan fingerprint density at radius 1 is 1.25 bits per heavy atom. The van der Waals surface area contributed by atoms with E-state index in [1.807, 2.05) is 18.5 Å². The van der Waals surface area contributed by atoms with Crippen LogP contribution in [0.5, 0.6) is 0 Å². The molecule has 0 saturated heterocycles. The largest absolute Gasteiger partial charge is 0.367 e. The van der Waals surface area contributed by atoms with Crippen LogP contribution in [0, 0.1) is 0 Å². The van der Waals surface area contributed by atoms with Gasteiger partial charge in [-0.3, -0.25) is 4.79 Å². The molecule has 0 spiro atoms. The van der Waals surface area contributed by atoms with E-state index < -0.39 is 0 Å². The van der Waals surface area contributed by atoms with Crippen molar-refractivity contribution in [2.45, 2.75) is 30.7 Å². The molecule has 20 heavy (non-hydrogen) atoms. The fraction of sp³-hybridized carbons (Fsp3) is 0.312. The minimum absolute atomic E-state index is 0.0803. The zero-order chi connectivity index (χ0) is 13.8. The van der Waals surface area contributed by atoms with Crippen LogP contribution >= 0.6 is 11.8 Å². The van der Waals surface area contributed by atoms with E-state index in [9.17, 15) is 4.79 Å². The van der Waals surface area contributed by atoms with Crippen molar-refractivity contribution in [3.63, 3.8) is 0 Å². The fourth-order valence-electron chi connectivity index (χ4n) is 2.51. The topological polar surface area (TPSA) is 44.9 Å². The molecule has 0 bridgehead atoms. The minimum atomic E-state index is 0.0803. The van der Waals surface area contributed by atoms with E-state index in [2.05, 4.69) is 28.5 Å². The summed E-state index contributed by atoms with van der Waals surface area (Å²) in [5.41, 5.74) is 4.04. The zero-order valence-corrected chi connectivity index (χ0v) is 12.1. The summed E-state index contributed by atoms with van der Waals surface area (Å²) in [5, 5.41) is 2.93. The SMILES string of the molecule is O=C(CSc1ccc2c(c1)CCC2)NCc1cc[nH]c1. The average molecular weight is 286 g/mol. The van der Waals surface area contributed by atoms with Crippen molar-refractivity contribution < 1.29 is 4.79 Å². The lowest BCUT2D eigenvalue weighted by Gasteiger charge is -2.06. The highest BCUT2D eigenvalue weighted by Gasteiger charge is 2.11. The lowest BCUT2D eigenvalue weighted by Crippen LogP contribution is -2.24. The number of rotatable bonds is 5. The van der Waals surface area contributed by atoms with E-state index in [0.29, 0.717) is 12.3 Å². The number of nitrogens with one attached hydrogen (secondary N) is 2. The van der Waals surface area contributed by atoms with Gasteiger partial charge in [-0.15, -0.1) is 11.8 Å². The molecule has 1 aliphatic carbocycles. The average Bonchev–Trinajstić information content (AvgIpc) is 3.13. The number of thioether (sulfide) groups is 1. The van der Waals surface area contributed by atoms with Crippen LogP contribution in [0.1, 0.15) is 23.1 Å². The minimum Gasteiger partial charge on any atom is -0.367 e. The van der Waals surface area contributed by atoms with Crippen LogP contribution < -0.4 is 5.32 Å². The van der Waals surface area contributed by atoms with Crippen LogP contribution in [0.25, 0.3) is 0 Å². The molecule has 0 fully saturated rings. The van der Waals surface area contributed by atoms with Crippen LogP contribution in [0.15, 0.2) is 41.6 Å². The third-order valence-electron chi connectivity index (χ3n) is 3.59. The number of aromatic amines is 1. The molecular weight excluding hydrogens is 268 g/mol. The number of amides is 1. The van der Waals surface area contributed by atoms with Gasteiger partial charge in [0.2, 0.25) is 5.91 Å². The molecule has 0 unspecified atom stereocenters. The van der Waals surface area contributed by atoms with Gasteiger partial charge < -0.3 is 10.3 Å². The number of carbonyl (C=O) groups excluding carboxylic acids is 1. The Labute approximate surface area is 123 Å². The maximum absolute atomic E-state index is 11.8. The van der Waals surface area contributed by atoms with E-state index in [1.165, 1.54) is 35.3 Å². The quantitative estimate of drug-likeness (QED) is 0.830. The maximum Gasteiger partial charge on any atom is 0.230 e. The fourth-order valence-corrected chi connectivity index (χ4v) is 3.30. The summed E-state index contributed by atoms with van der Waals surface area (Å²) in [6.45, 7) is 0.590. The molecule has 3 nitrogen and oxygen atoms in total. The van der Waals surface area contributed by atoms with Gasteiger partial charge in [-0.05, 0) is 54.2 Å². The molecule has 3 rings (SSSR count). The second-order valence-corrected chi connectivity index (χ2v) is 6.12. The molecule has 0 atom stereocenters. The van der Waals surface area contributed by atoms with Gasteiger partial charge in [-0.25, -0.2) is 0 Å². The molecule has 0 radical (unpaired) electrons. The molecule has 1 aromatic heterocycles. The molecule has 2 N–H and O–H groups in total. The van der Waals surface area contributed by atoms with E-state index in [1.54, 1.807) is 11.8 Å². The van der Waals surface area contributed by atoms with Crippen LogP contribution in [0.4, 0.5) is 0 Å². The molecule has 1 amide bonds. The van der Waals surface area contributed by atoms with E-state index >= 15 is 0 Å². The number of aromatic nitrogens is 1. The van der Waals surface area contributed by atoms with Crippen molar-refractivity contribution in [1.29, 1.82) is 0 Å². The molecule has 1 heterocycles. The lowest BCUT2D eigenvalue weighted by molar-refractivity contribution is -0.118. The van der Waals surface area contributed by atoms with Gasteiger partial charge in [0, 0.05) is 23.8 Å². The first-order chi connectivity index (χ1) is 9.81. The van der Waals surface area contributed by atoms with Gasteiger partial charge in [0.15, 0.2) is 0 Å². The maximum atomic E-state index is 11.8. The number of hydrogen-bond donors (Lipinski definition) is 2. The summed E-state index contributed by atoms with van der Waals surface area (Å²) >= 11 is 1.61. The van der Waals surface area contributed by atoms with E-state index in [4.69, 9.17) is 0 Å². The van der Waals surface area contributed by atoms with Gasteiger partial charge in [0.1, 0.15) is 0 Å². The predicted octanol–water partition coefficient (Wildman–Crippen LogP) is 2.91. The predicted molar refractivity (Wildman–Crippen MR) is 81.8 cm³/mol. The molecule has 0 saturated carbocycles. The molecule has 0 aliphatic heterocycles. The van der Waals surface area contributed by atoms with Gasteiger partial charge in [0.05, 0.1) is 5.75 Å². The second-order valence-electron chi connectivity index (χ2n) is 5.07.